The molecule has 0 atom stereocenters. The molecule has 0 aliphatic rings. The zero-order valence-corrected chi connectivity index (χ0v) is 15.9. The maximum Gasteiger partial charge on any atom is 0.342 e. The molecule has 0 saturated heterocycles. The number of benzene rings is 2. The van der Waals surface area contributed by atoms with E-state index in [1.807, 2.05) is 4.98 Å². The summed E-state index contributed by atoms with van der Waals surface area (Å²) in [5.74, 6) is -4.09. The van der Waals surface area contributed by atoms with Crippen LogP contribution < -0.4 is 16.0 Å². The molecule has 0 unspecified atom stereocenters. The Balaban J connectivity index is 2.08. The van der Waals surface area contributed by atoms with Gasteiger partial charge in [0.05, 0.1) is 5.02 Å². The lowest BCUT2D eigenvalue weighted by molar-refractivity contribution is 0.0695. The number of carbonyl (C=O) groups is 2. The third kappa shape index (κ3) is 3.96. The second-order valence-electron chi connectivity index (χ2n) is 6.13. The van der Waals surface area contributed by atoms with Crippen molar-refractivity contribution in [1.29, 1.82) is 0 Å². The maximum atomic E-state index is 14.0. The minimum Gasteiger partial charge on any atom is -0.489 e. The number of halogens is 2. The molecule has 0 bridgehead atoms. The van der Waals surface area contributed by atoms with Gasteiger partial charge in [0.25, 0.3) is 5.56 Å². The first-order valence-corrected chi connectivity index (χ1v) is 8.77. The Morgan fingerprint density at radius 3 is 2.43 bits per heavy atom. The first kappa shape index (κ1) is 20.9. The number of ether oxygens (including phenoxy) is 1. The topological polar surface area (TPSA) is 143 Å². The number of anilines is 1. The highest BCUT2D eigenvalue weighted by molar-refractivity contribution is 6.30. The molecule has 0 fully saturated rings. The van der Waals surface area contributed by atoms with Crippen LogP contribution in [0.15, 0.2) is 47.3 Å². The number of rotatable bonds is 6. The van der Waals surface area contributed by atoms with Crippen LogP contribution in [0.1, 0.15) is 26.3 Å². The van der Waals surface area contributed by atoms with E-state index in [1.54, 1.807) is 6.07 Å². The number of carboxylic acids is 2. The Labute approximate surface area is 173 Å². The highest BCUT2D eigenvalue weighted by atomic mass is 35.5. The molecule has 3 aromatic rings. The fourth-order valence-electron chi connectivity index (χ4n) is 2.90. The van der Waals surface area contributed by atoms with Crippen LogP contribution in [0.25, 0.3) is 11.1 Å². The highest BCUT2D eigenvalue weighted by Crippen LogP contribution is 2.31. The lowest BCUT2D eigenvalue weighted by Crippen LogP contribution is -2.24. The van der Waals surface area contributed by atoms with Gasteiger partial charge in [-0.3, -0.25) is 4.79 Å². The van der Waals surface area contributed by atoms with Gasteiger partial charge in [-0.05, 0) is 23.8 Å². The lowest BCUT2D eigenvalue weighted by atomic mass is 9.95. The van der Waals surface area contributed by atoms with Gasteiger partial charge in [0.15, 0.2) is 0 Å². The largest absolute Gasteiger partial charge is 0.489 e. The summed E-state index contributed by atoms with van der Waals surface area (Å²) in [6.45, 7) is -0.190. The van der Waals surface area contributed by atoms with E-state index in [2.05, 4.69) is 0 Å². The van der Waals surface area contributed by atoms with Crippen LogP contribution >= 0.6 is 11.6 Å². The number of aromatic nitrogens is 1. The molecule has 8 nitrogen and oxygen atoms in total. The summed E-state index contributed by atoms with van der Waals surface area (Å²) < 4.78 is 19.6. The van der Waals surface area contributed by atoms with Gasteiger partial charge in [-0.1, -0.05) is 35.9 Å². The number of nitrogens with one attached hydrogen (secondary N) is 1. The van der Waals surface area contributed by atoms with Crippen LogP contribution in [0.5, 0.6) is 5.75 Å². The number of hydrogen-bond acceptors (Lipinski definition) is 5. The number of aromatic amines is 1. The second kappa shape index (κ2) is 8.26. The summed E-state index contributed by atoms with van der Waals surface area (Å²) >= 11 is 5.74. The molecule has 0 amide bonds. The molecule has 10 heteroatoms. The van der Waals surface area contributed by atoms with Gasteiger partial charge < -0.3 is 25.7 Å². The number of H-pyrrole nitrogens is 1. The molecule has 0 saturated carbocycles. The monoisotopic (exact) mass is 432 g/mol. The first-order chi connectivity index (χ1) is 14.2. The normalized spacial score (nSPS) is 10.6. The third-order valence-electron chi connectivity index (χ3n) is 4.22. The minimum absolute atomic E-state index is 0.0685. The summed E-state index contributed by atoms with van der Waals surface area (Å²) in [5, 5.41) is 18.9. The summed E-state index contributed by atoms with van der Waals surface area (Å²) in [6.07, 6.45) is 0. The second-order valence-corrected chi connectivity index (χ2v) is 6.54. The van der Waals surface area contributed by atoms with E-state index >= 15 is 0 Å². The van der Waals surface area contributed by atoms with Crippen LogP contribution in [0, 0.1) is 5.82 Å². The number of hydrogen-bond donors (Lipinski definition) is 4. The average Bonchev–Trinajstić information content (AvgIpc) is 2.68. The molecule has 5 N–H and O–H groups in total. The highest BCUT2D eigenvalue weighted by Gasteiger charge is 2.26. The summed E-state index contributed by atoms with van der Waals surface area (Å²) in [4.78, 5) is 37.5. The van der Waals surface area contributed by atoms with E-state index in [1.165, 1.54) is 36.4 Å². The average molecular weight is 433 g/mol. The predicted octanol–water partition coefficient (Wildman–Crippen LogP) is 3.39. The molecule has 0 spiro atoms. The quantitative estimate of drug-likeness (QED) is 0.467. The van der Waals surface area contributed by atoms with E-state index in [0.29, 0.717) is 0 Å². The third-order valence-corrected chi connectivity index (χ3v) is 4.51. The first-order valence-electron chi connectivity index (χ1n) is 8.39. The van der Waals surface area contributed by atoms with Gasteiger partial charge in [0.2, 0.25) is 0 Å². The van der Waals surface area contributed by atoms with Crippen molar-refractivity contribution in [3.8, 4) is 16.9 Å². The molecule has 30 heavy (non-hydrogen) atoms. The molecular formula is C20H14ClFN2O6. The molecule has 2 aromatic carbocycles. The molecule has 0 radical (unpaired) electrons. The van der Waals surface area contributed by atoms with E-state index < -0.39 is 40.3 Å². The van der Waals surface area contributed by atoms with Gasteiger partial charge in [0.1, 0.15) is 35.1 Å². The van der Waals surface area contributed by atoms with Crippen molar-refractivity contribution < 1.29 is 28.9 Å². The molecular weight excluding hydrogens is 419 g/mol. The molecule has 1 heterocycles. The van der Waals surface area contributed by atoms with Crippen molar-refractivity contribution in [2.45, 2.75) is 6.61 Å². The minimum atomic E-state index is -1.62. The maximum absolute atomic E-state index is 14.0. The standard InChI is InChI=1S/C20H14ClFN2O6/c21-12-6-2-4-10(16(12)22)8-30-11-5-1-3-9(7-11)13-14(19(26)27)17(23)24-18(25)15(13)20(28)29/h1-7H,8H2,(H,26,27)(H,28,29)(H3,23,24,25). The summed E-state index contributed by atoms with van der Waals surface area (Å²) in [6, 6.07) is 10.1. The van der Waals surface area contributed by atoms with Gasteiger partial charge in [-0.15, -0.1) is 0 Å². The van der Waals surface area contributed by atoms with Gasteiger partial charge >= 0.3 is 11.9 Å². The Bertz CT molecular complexity index is 1220. The Morgan fingerprint density at radius 1 is 1.10 bits per heavy atom. The molecule has 0 aliphatic carbocycles. The Hall–Kier alpha value is -3.85. The number of nitrogens with two attached hydrogens (primary N) is 1. The Kier molecular flexibility index (Phi) is 5.74. The van der Waals surface area contributed by atoms with Gasteiger partial charge in [-0.25, -0.2) is 14.0 Å². The SMILES string of the molecule is Nc1[nH]c(=O)c(C(=O)O)c(-c2cccc(OCc3cccc(Cl)c3F)c2)c1C(=O)O. The van der Waals surface area contributed by atoms with E-state index in [-0.39, 0.29) is 34.1 Å². The smallest absolute Gasteiger partial charge is 0.342 e. The molecule has 154 valence electrons. The van der Waals surface area contributed by atoms with E-state index in [9.17, 15) is 29.0 Å². The van der Waals surface area contributed by atoms with Gasteiger partial charge in [0, 0.05) is 11.1 Å². The number of nitrogen functional groups attached to an aromatic ring is 1. The lowest BCUT2D eigenvalue weighted by Gasteiger charge is -2.14. The van der Waals surface area contributed by atoms with E-state index in [4.69, 9.17) is 22.1 Å². The van der Waals surface area contributed by atoms with Crippen LogP contribution in [0.2, 0.25) is 5.02 Å². The van der Waals surface area contributed by atoms with Crippen molar-refractivity contribution in [3.05, 3.63) is 80.3 Å². The number of aromatic carboxylic acids is 2. The molecule has 3 rings (SSSR count). The van der Waals surface area contributed by atoms with Gasteiger partial charge in [-0.2, -0.15) is 0 Å². The van der Waals surface area contributed by atoms with Crippen molar-refractivity contribution >= 4 is 29.4 Å². The predicted molar refractivity (Wildman–Crippen MR) is 107 cm³/mol. The molecule has 0 aliphatic heterocycles. The fourth-order valence-corrected chi connectivity index (χ4v) is 3.09. The number of pyridine rings is 1. The van der Waals surface area contributed by atoms with Crippen LogP contribution in [0.3, 0.4) is 0 Å². The van der Waals surface area contributed by atoms with Crippen molar-refractivity contribution in [2.24, 2.45) is 0 Å². The van der Waals surface area contributed by atoms with Crippen LogP contribution in [-0.2, 0) is 6.61 Å². The zero-order chi connectivity index (χ0) is 22.0. The van der Waals surface area contributed by atoms with Crippen molar-refractivity contribution in [2.75, 3.05) is 5.73 Å². The fraction of sp³-hybridized carbons (Fsp3) is 0.0500. The Morgan fingerprint density at radius 2 is 1.77 bits per heavy atom. The van der Waals surface area contributed by atoms with Crippen molar-refractivity contribution in [3.63, 3.8) is 0 Å². The van der Waals surface area contributed by atoms with Crippen LogP contribution in [0.4, 0.5) is 10.2 Å². The van der Waals surface area contributed by atoms with E-state index in [0.717, 1.165) is 0 Å². The van der Waals surface area contributed by atoms with Crippen molar-refractivity contribution in [1.82, 2.24) is 4.98 Å². The zero-order valence-electron chi connectivity index (χ0n) is 15.1. The van der Waals surface area contributed by atoms with Crippen LogP contribution in [-0.4, -0.2) is 27.1 Å². The summed E-state index contributed by atoms with van der Waals surface area (Å²) in [5.41, 5.74) is 3.12. The molecule has 1 aromatic heterocycles. The number of carboxylic acid groups (broad SMARTS) is 2. The summed E-state index contributed by atoms with van der Waals surface area (Å²) in [7, 11) is 0.